The average molecular weight is 351 g/mol. The fraction of sp³-hybridized carbons (Fsp3) is 0.267. The van der Waals surface area contributed by atoms with Crippen LogP contribution in [0.3, 0.4) is 0 Å². The number of fused-ring (bicyclic) bond motifs is 1. The van der Waals surface area contributed by atoms with Gasteiger partial charge >= 0.3 is 0 Å². The van der Waals surface area contributed by atoms with Gasteiger partial charge in [0.05, 0.1) is 5.69 Å². The van der Waals surface area contributed by atoms with E-state index in [-0.39, 0.29) is 5.91 Å². The highest BCUT2D eigenvalue weighted by Gasteiger charge is 2.24. The molecule has 0 atom stereocenters. The molecule has 3 rings (SSSR count). The summed E-state index contributed by atoms with van der Waals surface area (Å²) in [7, 11) is 0. The Morgan fingerprint density at radius 3 is 2.95 bits per heavy atom. The third kappa shape index (κ3) is 2.25. The van der Waals surface area contributed by atoms with Gasteiger partial charge < -0.3 is 10.6 Å². The molecule has 2 aromatic rings. The van der Waals surface area contributed by atoms with Gasteiger partial charge in [-0.25, -0.2) is 0 Å². The number of amides is 1. The molecule has 0 spiro atoms. The highest BCUT2D eigenvalue weighted by Crippen LogP contribution is 2.38. The Morgan fingerprint density at radius 1 is 1.45 bits per heavy atom. The molecule has 0 unspecified atom stereocenters. The summed E-state index contributed by atoms with van der Waals surface area (Å²) in [4.78, 5) is 15.2. The van der Waals surface area contributed by atoms with Crippen molar-refractivity contribution >= 4 is 48.9 Å². The molecule has 1 aliphatic rings. The van der Waals surface area contributed by atoms with Crippen molar-refractivity contribution in [3.05, 3.63) is 39.2 Å². The second kappa shape index (κ2) is 5.22. The molecule has 1 aromatic heterocycles. The normalized spacial score (nSPS) is 15.5. The number of carbonyl (C=O) groups is 1. The molecule has 2 heterocycles. The summed E-state index contributed by atoms with van der Waals surface area (Å²) in [6.45, 7) is 3.53. The Kier molecular flexibility index (Phi) is 3.56. The smallest absolute Gasteiger partial charge is 0.266 e. The van der Waals surface area contributed by atoms with E-state index in [4.69, 9.17) is 5.73 Å². The van der Waals surface area contributed by atoms with Crippen LogP contribution in [0, 0.1) is 0 Å². The number of nitrogen functional groups attached to an aromatic ring is 1. The molecule has 104 valence electrons. The number of hydrogen-bond acceptors (Lipinski definition) is 3. The quantitative estimate of drug-likeness (QED) is 0.789. The number of carbonyl (C=O) groups excluding carboxylic acids is 1. The summed E-state index contributed by atoms with van der Waals surface area (Å²) in [6.07, 6.45) is 3.11. The van der Waals surface area contributed by atoms with Crippen molar-refractivity contribution in [2.75, 3.05) is 18.8 Å². The van der Waals surface area contributed by atoms with E-state index in [2.05, 4.69) is 28.9 Å². The second-order valence-electron chi connectivity index (χ2n) is 5.02. The highest BCUT2D eigenvalue weighted by molar-refractivity contribution is 9.10. The lowest BCUT2D eigenvalue weighted by molar-refractivity contribution is 0.0772. The molecule has 0 fully saturated rings. The van der Waals surface area contributed by atoms with Crippen LogP contribution in [-0.2, 0) is 0 Å². The van der Waals surface area contributed by atoms with Gasteiger partial charge in [0.2, 0.25) is 0 Å². The van der Waals surface area contributed by atoms with Gasteiger partial charge in [0.15, 0.2) is 0 Å². The van der Waals surface area contributed by atoms with Crippen LogP contribution in [0.1, 0.15) is 23.0 Å². The van der Waals surface area contributed by atoms with Gasteiger partial charge in [0.25, 0.3) is 5.91 Å². The van der Waals surface area contributed by atoms with Crippen molar-refractivity contribution in [1.29, 1.82) is 0 Å². The molecular weight excluding hydrogens is 336 g/mol. The van der Waals surface area contributed by atoms with Gasteiger partial charge in [-0.15, -0.1) is 11.3 Å². The second-order valence-corrected chi connectivity index (χ2v) is 6.93. The van der Waals surface area contributed by atoms with Crippen LogP contribution in [0.5, 0.6) is 0 Å². The lowest BCUT2D eigenvalue weighted by atomic mass is 10.1. The molecule has 1 aromatic carbocycles. The number of anilines is 1. The van der Waals surface area contributed by atoms with Crippen molar-refractivity contribution in [3.8, 4) is 0 Å². The van der Waals surface area contributed by atoms with Crippen LogP contribution in [0.4, 0.5) is 5.69 Å². The van der Waals surface area contributed by atoms with Crippen molar-refractivity contribution in [2.45, 2.75) is 13.3 Å². The first-order chi connectivity index (χ1) is 9.58. The summed E-state index contributed by atoms with van der Waals surface area (Å²) >= 11 is 4.98. The van der Waals surface area contributed by atoms with Crippen LogP contribution < -0.4 is 5.73 Å². The predicted molar refractivity (Wildman–Crippen MR) is 88.2 cm³/mol. The first-order valence-corrected chi connectivity index (χ1v) is 8.10. The minimum absolute atomic E-state index is 0.0445. The molecule has 1 amide bonds. The molecule has 0 saturated heterocycles. The summed E-state index contributed by atoms with van der Waals surface area (Å²) in [5.74, 6) is 0.0445. The fourth-order valence-electron chi connectivity index (χ4n) is 2.52. The monoisotopic (exact) mass is 350 g/mol. The average Bonchev–Trinajstić information content (AvgIpc) is 2.76. The molecule has 3 nitrogen and oxygen atoms in total. The Morgan fingerprint density at radius 2 is 2.25 bits per heavy atom. The zero-order chi connectivity index (χ0) is 14.3. The summed E-state index contributed by atoms with van der Waals surface area (Å²) in [6, 6.07) is 5.91. The lowest BCUT2D eigenvalue weighted by Gasteiger charge is -2.25. The number of rotatable bonds is 1. The molecule has 5 heteroatoms. The molecule has 20 heavy (non-hydrogen) atoms. The zero-order valence-corrected chi connectivity index (χ0v) is 13.6. The largest absolute Gasteiger partial charge is 0.397 e. The number of nitrogens with two attached hydrogens (primary N) is 1. The van der Waals surface area contributed by atoms with Crippen molar-refractivity contribution in [1.82, 2.24) is 4.90 Å². The Labute approximate surface area is 130 Å². The fourth-order valence-corrected chi connectivity index (χ4v) is 4.34. The van der Waals surface area contributed by atoms with Crippen molar-refractivity contribution in [3.63, 3.8) is 0 Å². The van der Waals surface area contributed by atoms with Crippen molar-refractivity contribution < 1.29 is 4.79 Å². The van der Waals surface area contributed by atoms with Crippen molar-refractivity contribution in [2.24, 2.45) is 0 Å². The Bertz CT molecular complexity index is 720. The number of halogens is 1. The van der Waals surface area contributed by atoms with E-state index >= 15 is 0 Å². The van der Waals surface area contributed by atoms with E-state index in [1.165, 1.54) is 16.9 Å². The van der Waals surface area contributed by atoms with E-state index in [0.29, 0.717) is 17.1 Å². The van der Waals surface area contributed by atoms with Gasteiger partial charge in [-0.3, -0.25) is 4.79 Å². The van der Waals surface area contributed by atoms with E-state index in [1.807, 2.05) is 23.1 Å². The number of thiophene rings is 1. The summed E-state index contributed by atoms with van der Waals surface area (Å²) in [5, 5.41) is 0.949. The SMILES string of the molecule is CC1=CCCN(C(=O)c2sc3cccc(Br)c3c2N)C1. The number of nitrogens with zero attached hydrogens (tertiary/aromatic N) is 1. The number of hydrogen-bond donors (Lipinski definition) is 1. The maximum Gasteiger partial charge on any atom is 0.266 e. The van der Waals surface area contributed by atoms with Crippen LogP contribution >= 0.6 is 27.3 Å². The number of benzene rings is 1. The van der Waals surface area contributed by atoms with E-state index in [0.717, 1.165) is 27.5 Å². The Hall–Kier alpha value is -1.33. The molecular formula is C15H15BrN2OS. The molecule has 2 N–H and O–H groups in total. The van der Waals surface area contributed by atoms with E-state index < -0.39 is 0 Å². The maximum absolute atomic E-state index is 12.7. The topological polar surface area (TPSA) is 46.3 Å². The molecule has 0 aliphatic carbocycles. The van der Waals surface area contributed by atoms with E-state index in [9.17, 15) is 4.79 Å². The highest BCUT2D eigenvalue weighted by atomic mass is 79.9. The third-order valence-electron chi connectivity index (χ3n) is 3.51. The first kappa shape index (κ1) is 13.6. The van der Waals surface area contributed by atoms with Crippen LogP contribution in [0.2, 0.25) is 0 Å². The lowest BCUT2D eigenvalue weighted by Crippen LogP contribution is -2.35. The summed E-state index contributed by atoms with van der Waals surface area (Å²) < 4.78 is 1.99. The van der Waals surface area contributed by atoms with Gasteiger partial charge in [0, 0.05) is 27.6 Å². The third-order valence-corrected chi connectivity index (χ3v) is 5.33. The standard InChI is InChI=1S/C15H15BrN2OS/c1-9-4-3-7-18(8-9)15(19)14-13(17)12-10(16)5-2-6-11(12)20-14/h2,4-6H,3,7-8,17H2,1H3. The van der Waals surface area contributed by atoms with Crippen LogP contribution in [-0.4, -0.2) is 23.9 Å². The van der Waals surface area contributed by atoms with E-state index in [1.54, 1.807) is 0 Å². The molecule has 0 saturated carbocycles. The van der Waals surface area contributed by atoms with Crippen LogP contribution in [0.15, 0.2) is 34.3 Å². The zero-order valence-electron chi connectivity index (χ0n) is 11.1. The molecule has 1 aliphatic heterocycles. The predicted octanol–water partition coefficient (Wildman–Crippen LogP) is 4.04. The minimum atomic E-state index is 0.0445. The molecule has 0 bridgehead atoms. The van der Waals surface area contributed by atoms with Crippen LogP contribution in [0.25, 0.3) is 10.1 Å². The minimum Gasteiger partial charge on any atom is -0.397 e. The Balaban J connectivity index is 2.02. The first-order valence-electron chi connectivity index (χ1n) is 6.49. The van der Waals surface area contributed by atoms with Gasteiger partial charge in [-0.05, 0) is 25.5 Å². The van der Waals surface area contributed by atoms with Gasteiger partial charge in [-0.1, -0.05) is 33.6 Å². The molecule has 0 radical (unpaired) electrons. The van der Waals surface area contributed by atoms with Gasteiger partial charge in [0.1, 0.15) is 4.88 Å². The van der Waals surface area contributed by atoms with Gasteiger partial charge in [-0.2, -0.15) is 0 Å². The summed E-state index contributed by atoms with van der Waals surface area (Å²) in [5.41, 5.74) is 8.03. The maximum atomic E-state index is 12.7.